The van der Waals surface area contributed by atoms with Gasteiger partial charge in [0, 0.05) is 18.9 Å². The first-order valence-corrected chi connectivity index (χ1v) is 6.28. The molecule has 0 radical (unpaired) electrons. The van der Waals surface area contributed by atoms with Crippen LogP contribution < -0.4 is 11.1 Å². The van der Waals surface area contributed by atoms with Crippen molar-refractivity contribution in [1.82, 2.24) is 5.32 Å². The predicted molar refractivity (Wildman–Crippen MR) is 66.1 cm³/mol. The van der Waals surface area contributed by atoms with E-state index in [-0.39, 0.29) is 25.3 Å². The SMILES string of the molecule is COC(=O)CCC(NC(=O)CC(N)C1CC1)C(=O)O. The highest BCUT2D eigenvalue weighted by molar-refractivity contribution is 5.84. The molecule has 0 aromatic heterocycles. The summed E-state index contributed by atoms with van der Waals surface area (Å²) in [5.41, 5.74) is 5.79. The molecule has 0 spiro atoms. The van der Waals surface area contributed by atoms with Crippen LogP contribution in [0.15, 0.2) is 0 Å². The first kappa shape index (κ1) is 15.4. The molecule has 2 unspecified atom stereocenters. The van der Waals surface area contributed by atoms with Gasteiger partial charge >= 0.3 is 11.9 Å². The number of ether oxygens (including phenoxy) is 1. The lowest BCUT2D eigenvalue weighted by molar-refractivity contribution is -0.144. The molecule has 0 saturated heterocycles. The summed E-state index contributed by atoms with van der Waals surface area (Å²) < 4.78 is 4.43. The molecule has 0 heterocycles. The van der Waals surface area contributed by atoms with Crippen molar-refractivity contribution in [1.29, 1.82) is 0 Å². The van der Waals surface area contributed by atoms with E-state index in [1.165, 1.54) is 7.11 Å². The van der Waals surface area contributed by atoms with E-state index in [0.29, 0.717) is 5.92 Å². The van der Waals surface area contributed by atoms with Gasteiger partial charge in [-0.05, 0) is 25.2 Å². The standard InChI is InChI=1S/C12H20N2O5/c1-19-11(16)5-4-9(12(17)18)14-10(15)6-8(13)7-2-3-7/h7-9H,2-6,13H2,1H3,(H,14,15)(H,17,18). The Kier molecular flexibility index (Phi) is 5.75. The summed E-state index contributed by atoms with van der Waals surface area (Å²) >= 11 is 0. The normalized spacial score (nSPS) is 17.4. The van der Waals surface area contributed by atoms with E-state index in [1.807, 2.05) is 0 Å². The molecule has 1 rings (SSSR count). The summed E-state index contributed by atoms with van der Waals surface area (Å²) in [7, 11) is 1.23. The van der Waals surface area contributed by atoms with E-state index in [9.17, 15) is 14.4 Å². The Labute approximate surface area is 111 Å². The van der Waals surface area contributed by atoms with E-state index in [2.05, 4.69) is 10.1 Å². The third-order valence-electron chi connectivity index (χ3n) is 3.15. The van der Waals surface area contributed by atoms with Gasteiger partial charge in [-0.3, -0.25) is 9.59 Å². The van der Waals surface area contributed by atoms with Gasteiger partial charge in [0.15, 0.2) is 0 Å². The highest BCUT2D eigenvalue weighted by atomic mass is 16.5. The number of nitrogens with two attached hydrogens (primary N) is 1. The van der Waals surface area contributed by atoms with Crippen LogP contribution in [0, 0.1) is 5.92 Å². The van der Waals surface area contributed by atoms with Gasteiger partial charge < -0.3 is 20.9 Å². The second-order valence-corrected chi connectivity index (χ2v) is 4.78. The molecule has 0 bridgehead atoms. The summed E-state index contributed by atoms with van der Waals surface area (Å²) in [5, 5.41) is 11.3. The van der Waals surface area contributed by atoms with E-state index < -0.39 is 23.9 Å². The van der Waals surface area contributed by atoms with E-state index in [1.54, 1.807) is 0 Å². The molecule has 1 aliphatic carbocycles. The minimum absolute atomic E-state index is 0.00636. The maximum absolute atomic E-state index is 11.6. The molecular formula is C12H20N2O5. The number of esters is 1. The minimum atomic E-state index is -1.17. The molecule has 0 aliphatic heterocycles. The smallest absolute Gasteiger partial charge is 0.326 e. The molecule has 1 aliphatic rings. The monoisotopic (exact) mass is 272 g/mol. The molecular weight excluding hydrogens is 252 g/mol. The van der Waals surface area contributed by atoms with Gasteiger partial charge in [0.2, 0.25) is 5.91 Å². The van der Waals surface area contributed by atoms with Crippen molar-refractivity contribution < 1.29 is 24.2 Å². The van der Waals surface area contributed by atoms with Gasteiger partial charge in [-0.25, -0.2) is 4.79 Å². The Hall–Kier alpha value is -1.63. The van der Waals surface area contributed by atoms with Gasteiger partial charge in [-0.15, -0.1) is 0 Å². The zero-order chi connectivity index (χ0) is 14.4. The largest absolute Gasteiger partial charge is 0.480 e. The third-order valence-corrected chi connectivity index (χ3v) is 3.15. The van der Waals surface area contributed by atoms with Crippen molar-refractivity contribution in [3.63, 3.8) is 0 Å². The van der Waals surface area contributed by atoms with Gasteiger partial charge in [0.25, 0.3) is 0 Å². The molecule has 7 nitrogen and oxygen atoms in total. The number of carbonyl (C=O) groups excluding carboxylic acids is 2. The van der Waals surface area contributed by atoms with Crippen molar-refractivity contribution >= 4 is 17.8 Å². The highest BCUT2D eigenvalue weighted by Crippen LogP contribution is 2.32. The van der Waals surface area contributed by atoms with Crippen LogP contribution in [0.3, 0.4) is 0 Å². The lowest BCUT2D eigenvalue weighted by atomic mass is 10.1. The lowest BCUT2D eigenvalue weighted by Crippen LogP contribution is -2.43. The van der Waals surface area contributed by atoms with Gasteiger partial charge in [0.1, 0.15) is 6.04 Å². The van der Waals surface area contributed by atoms with E-state index in [4.69, 9.17) is 10.8 Å². The Morgan fingerprint density at radius 3 is 2.53 bits per heavy atom. The Balaban J connectivity index is 2.36. The van der Waals surface area contributed by atoms with Crippen molar-refractivity contribution in [3.05, 3.63) is 0 Å². The zero-order valence-electron chi connectivity index (χ0n) is 10.9. The maximum atomic E-state index is 11.6. The van der Waals surface area contributed by atoms with Crippen molar-refractivity contribution in [2.75, 3.05) is 7.11 Å². The number of aliphatic carboxylic acids is 1. The minimum Gasteiger partial charge on any atom is -0.480 e. The number of hydrogen-bond donors (Lipinski definition) is 3. The van der Waals surface area contributed by atoms with E-state index in [0.717, 1.165) is 12.8 Å². The van der Waals surface area contributed by atoms with Gasteiger partial charge in [0.05, 0.1) is 7.11 Å². The highest BCUT2D eigenvalue weighted by Gasteiger charge is 2.30. The number of carbonyl (C=O) groups is 3. The molecule has 108 valence electrons. The zero-order valence-corrected chi connectivity index (χ0v) is 10.9. The summed E-state index contributed by atoms with van der Waals surface area (Å²) in [6.07, 6.45) is 2.12. The van der Waals surface area contributed by atoms with Crippen LogP contribution in [-0.2, 0) is 19.1 Å². The van der Waals surface area contributed by atoms with Crippen LogP contribution in [0.25, 0.3) is 0 Å². The number of carboxylic acid groups (broad SMARTS) is 1. The molecule has 0 aromatic rings. The summed E-state index contributed by atoms with van der Waals surface area (Å²) in [6.45, 7) is 0. The molecule has 4 N–H and O–H groups in total. The molecule has 1 amide bonds. The molecule has 7 heteroatoms. The number of rotatable bonds is 8. The Morgan fingerprint density at radius 2 is 2.05 bits per heavy atom. The van der Waals surface area contributed by atoms with Gasteiger partial charge in [-0.1, -0.05) is 0 Å². The third kappa shape index (κ3) is 5.69. The Morgan fingerprint density at radius 1 is 1.42 bits per heavy atom. The van der Waals surface area contributed by atoms with Crippen LogP contribution in [0.5, 0.6) is 0 Å². The fraction of sp³-hybridized carbons (Fsp3) is 0.750. The molecule has 2 atom stereocenters. The Bertz CT molecular complexity index is 354. The van der Waals surface area contributed by atoms with Crippen LogP contribution in [0.1, 0.15) is 32.1 Å². The van der Waals surface area contributed by atoms with Crippen LogP contribution in [-0.4, -0.2) is 42.1 Å². The maximum Gasteiger partial charge on any atom is 0.326 e. The summed E-state index contributed by atoms with van der Waals surface area (Å²) in [5.74, 6) is -1.69. The average molecular weight is 272 g/mol. The first-order valence-electron chi connectivity index (χ1n) is 6.28. The van der Waals surface area contributed by atoms with Crippen LogP contribution in [0.4, 0.5) is 0 Å². The quantitative estimate of drug-likeness (QED) is 0.519. The summed E-state index contributed by atoms with van der Waals surface area (Å²) in [4.78, 5) is 33.6. The molecule has 19 heavy (non-hydrogen) atoms. The first-order chi connectivity index (χ1) is 8.93. The second-order valence-electron chi connectivity index (χ2n) is 4.78. The topological polar surface area (TPSA) is 119 Å². The number of hydrogen-bond acceptors (Lipinski definition) is 5. The number of carboxylic acids is 1. The fourth-order valence-corrected chi connectivity index (χ4v) is 1.78. The second kappa shape index (κ2) is 7.08. The van der Waals surface area contributed by atoms with Crippen LogP contribution >= 0.6 is 0 Å². The summed E-state index contributed by atoms with van der Waals surface area (Å²) in [6, 6.07) is -1.30. The molecule has 1 saturated carbocycles. The molecule has 0 aromatic carbocycles. The predicted octanol–water partition coefficient (Wildman–Crippen LogP) is -0.364. The average Bonchev–Trinajstić information content (AvgIpc) is 3.17. The number of methoxy groups -OCH3 is 1. The fourth-order valence-electron chi connectivity index (χ4n) is 1.78. The number of amides is 1. The van der Waals surface area contributed by atoms with Crippen molar-refractivity contribution in [3.8, 4) is 0 Å². The van der Waals surface area contributed by atoms with Crippen molar-refractivity contribution in [2.45, 2.75) is 44.2 Å². The molecule has 1 fully saturated rings. The van der Waals surface area contributed by atoms with Gasteiger partial charge in [-0.2, -0.15) is 0 Å². The van der Waals surface area contributed by atoms with Crippen molar-refractivity contribution in [2.24, 2.45) is 11.7 Å². The van der Waals surface area contributed by atoms with Crippen LogP contribution in [0.2, 0.25) is 0 Å². The van der Waals surface area contributed by atoms with E-state index >= 15 is 0 Å². The lowest BCUT2D eigenvalue weighted by Gasteiger charge is -2.16. The number of nitrogens with one attached hydrogen (secondary N) is 1.